The number of benzene rings is 2. The van der Waals surface area contributed by atoms with Gasteiger partial charge in [0.1, 0.15) is 11.6 Å². The molecule has 2 aromatic carbocycles. The van der Waals surface area contributed by atoms with Crippen molar-refractivity contribution in [2.75, 3.05) is 5.32 Å². The standard InChI is InChI=1S/C24H22ClFN2O3S/c1-2-21-24(30)28(13-15-5-6-17(26)11-20(15)25)14-16-10-18(7-8-22(16)31-21)27-23(29)12-19-4-3-9-32-19/h3-11,21H,2,12-14H2,1H3,(H,27,29). The molecule has 0 radical (unpaired) electrons. The lowest BCUT2D eigenvalue weighted by Crippen LogP contribution is -2.38. The third-order valence-electron chi connectivity index (χ3n) is 5.22. The van der Waals surface area contributed by atoms with Crippen LogP contribution in [0.5, 0.6) is 5.75 Å². The Kier molecular flexibility index (Phi) is 6.77. The second-order valence-corrected chi connectivity index (χ2v) is 9.01. The van der Waals surface area contributed by atoms with Gasteiger partial charge in [0.2, 0.25) is 5.91 Å². The molecule has 4 rings (SSSR count). The van der Waals surface area contributed by atoms with Gasteiger partial charge in [0, 0.05) is 34.2 Å². The zero-order valence-corrected chi connectivity index (χ0v) is 19.0. The van der Waals surface area contributed by atoms with Crippen molar-refractivity contribution in [3.63, 3.8) is 0 Å². The highest BCUT2D eigenvalue weighted by Crippen LogP contribution is 2.31. The quantitative estimate of drug-likeness (QED) is 0.521. The summed E-state index contributed by atoms with van der Waals surface area (Å²) in [5.41, 5.74) is 2.07. The number of rotatable bonds is 6. The zero-order chi connectivity index (χ0) is 22.7. The van der Waals surface area contributed by atoms with E-state index >= 15 is 0 Å². The van der Waals surface area contributed by atoms with Crippen LogP contribution in [0.1, 0.15) is 29.3 Å². The number of nitrogens with one attached hydrogen (secondary N) is 1. The van der Waals surface area contributed by atoms with Crippen molar-refractivity contribution in [3.05, 3.63) is 80.8 Å². The molecule has 5 nitrogen and oxygen atoms in total. The highest BCUT2D eigenvalue weighted by Gasteiger charge is 2.30. The highest BCUT2D eigenvalue weighted by molar-refractivity contribution is 7.10. The molecule has 0 saturated heterocycles. The van der Waals surface area contributed by atoms with Crippen molar-refractivity contribution < 1.29 is 18.7 Å². The molecule has 8 heteroatoms. The normalized spacial score (nSPS) is 15.7. The maximum absolute atomic E-state index is 13.4. The van der Waals surface area contributed by atoms with Crippen molar-refractivity contribution in [1.82, 2.24) is 4.90 Å². The van der Waals surface area contributed by atoms with Crippen LogP contribution in [0.15, 0.2) is 53.9 Å². The van der Waals surface area contributed by atoms with Gasteiger partial charge in [0.25, 0.3) is 5.91 Å². The molecule has 1 aliphatic heterocycles. The predicted molar refractivity (Wildman–Crippen MR) is 123 cm³/mol. The Bertz CT molecular complexity index is 1140. The number of amides is 2. The van der Waals surface area contributed by atoms with Gasteiger partial charge in [-0.15, -0.1) is 11.3 Å². The first-order valence-corrected chi connectivity index (χ1v) is 11.5. The van der Waals surface area contributed by atoms with Gasteiger partial charge in [-0.2, -0.15) is 0 Å². The van der Waals surface area contributed by atoms with Crippen molar-refractivity contribution in [3.8, 4) is 5.75 Å². The Balaban J connectivity index is 1.56. The maximum Gasteiger partial charge on any atom is 0.264 e. The average molecular weight is 473 g/mol. The number of anilines is 1. The largest absolute Gasteiger partial charge is 0.480 e. The van der Waals surface area contributed by atoms with Crippen molar-refractivity contribution >= 4 is 40.4 Å². The maximum atomic E-state index is 13.4. The van der Waals surface area contributed by atoms with Gasteiger partial charge in [-0.05, 0) is 53.8 Å². The van der Waals surface area contributed by atoms with Gasteiger partial charge in [-0.3, -0.25) is 9.59 Å². The third-order valence-corrected chi connectivity index (χ3v) is 6.45. The molecule has 0 spiro atoms. The van der Waals surface area contributed by atoms with Crippen molar-refractivity contribution in [2.45, 2.75) is 39.0 Å². The monoisotopic (exact) mass is 472 g/mol. The van der Waals surface area contributed by atoms with Crippen molar-refractivity contribution in [1.29, 1.82) is 0 Å². The minimum atomic E-state index is -0.630. The van der Waals surface area contributed by atoms with Crippen LogP contribution in [0.2, 0.25) is 5.02 Å². The number of hydrogen-bond donors (Lipinski definition) is 1. The summed E-state index contributed by atoms with van der Waals surface area (Å²) >= 11 is 7.73. The lowest BCUT2D eigenvalue weighted by molar-refractivity contribution is -0.139. The first-order valence-electron chi connectivity index (χ1n) is 10.3. The molecule has 2 heterocycles. The second kappa shape index (κ2) is 9.71. The SMILES string of the molecule is CCC1Oc2ccc(NC(=O)Cc3cccs3)cc2CN(Cc2ccc(F)cc2Cl)C1=O. The molecular weight excluding hydrogens is 451 g/mol. The van der Waals surface area contributed by atoms with Crippen LogP contribution in [0, 0.1) is 5.82 Å². The Morgan fingerprint density at radius 3 is 2.84 bits per heavy atom. The van der Waals surface area contributed by atoms with Crippen LogP contribution in [0.25, 0.3) is 0 Å². The van der Waals surface area contributed by atoms with Gasteiger partial charge >= 0.3 is 0 Å². The molecule has 1 N–H and O–H groups in total. The van der Waals surface area contributed by atoms with E-state index in [-0.39, 0.29) is 29.9 Å². The van der Waals surface area contributed by atoms with E-state index in [1.54, 1.807) is 23.1 Å². The van der Waals surface area contributed by atoms with Gasteiger partial charge in [0.15, 0.2) is 6.10 Å². The second-order valence-electron chi connectivity index (χ2n) is 7.57. The van der Waals surface area contributed by atoms with Gasteiger partial charge < -0.3 is 15.0 Å². The van der Waals surface area contributed by atoms with E-state index in [9.17, 15) is 14.0 Å². The van der Waals surface area contributed by atoms with Crippen LogP contribution in [0.3, 0.4) is 0 Å². The first kappa shape index (κ1) is 22.3. The predicted octanol–water partition coefficient (Wildman–Crippen LogP) is 5.42. The Morgan fingerprint density at radius 1 is 1.28 bits per heavy atom. The van der Waals surface area contributed by atoms with E-state index in [1.807, 2.05) is 30.5 Å². The van der Waals surface area contributed by atoms with Gasteiger partial charge in [-0.25, -0.2) is 4.39 Å². The Labute approximate surface area is 194 Å². The fourth-order valence-corrected chi connectivity index (χ4v) is 4.54. The fourth-order valence-electron chi connectivity index (χ4n) is 3.61. The van der Waals surface area contributed by atoms with Gasteiger partial charge in [0.05, 0.1) is 6.42 Å². The van der Waals surface area contributed by atoms with Crippen LogP contribution < -0.4 is 10.1 Å². The number of ether oxygens (including phenoxy) is 1. The lowest BCUT2D eigenvalue weighted by atomic mass is 10.1. The summed E-state index contributed by atoms with van der Waals surface area (Å²) in [6.07, 6.45) is 0.178. The summed E-state index contributed by atoms with van der Waals surface area (Å²) in [6, 6.07) is 13.4. The molecule has 166 valence electrons. The minimum absolute atomic E-state index is 0.112. The number of carbonyl (C=O) groups excluding carboxylic acids is 2. The molecule has 32 heavy (non-hydrogen) atoms. The molecule has 0 saturated carbocycles. The molecule has 0 fully saturated rings. The summed E-state index contributed by atoms with van der Waals surface area (Å²) in [5.74, 6) is -0.0927. The summed E-state index contributed by atoms with van der Waals surface area (Å²) in [5, 5.41) is 5.12. The number of hydrogen-bond acceptors (Lipinski definition) is 4. The molecule has 1 aliphatic rings. The number of halogens is 2. The van der Waals surface area contributed by atoms with E-state index < -0.39 is 11.9 Å². The molecule has 1 unspecified atom stereocenters. The molecule has 1 aromatic heterocycles. The van der Waals surface area contributed by atoms with Crippen LogP contribution in [-0.2, 0) is 29.1 Å². The lowest BCUT2D eigenvalue weighted by Gasteiger charge is -2.23. The van der Waals surface area contributed by atoms with Crippen LogP contribution >= 0.6 is 22.9 Å². The summed E-state index contributed by atoms with van der Waals surface area (Å²) in [7, 11) is 0. The molecule has 0 bridgehead atoms. The van der Waals surface area contributed by atoms with E-state index in [1.165, 1.54) is 23.5 Å². The zero-order valence-electron chi connectivity index (χ0n) is 17.4. The minimum Gasteiger partial charge on any atom is -0.480 e. The van der Waals surface area contributed by atoms with E-state index in [0.29, 0.717) is 29.8 Å². The molecule has 0 aliphatic carbocycles. The third kappa shape index (κ3) is 5.11. The number of nitrogens with zero attached hydrogens (tertiary/aromatic N) is 1. The summed E-state index contributed by atoms with van der Waals surface area (Å²) in [6.45, 7) is 2.40. The smallest absolute Gasteiger partial charge is 0.264 e. The molecule has 3 aromatic rings. The summed E-state index contributed by atoms with van der Waals surface area (Å²) in [4.78, 5) is 28.1. The van der Waals surface area contributed by atoms with E-state index in [4.69, 9.17) is 16.3 Å². The van der Waals surface area contributed by atoms with Crippen molar-refractivity contribution in [2.24, 2.45) is 0 Å². The topological polar surface area (TPSA) is 58.6 Å². The first-order chi connectivity index (χ1) is 15.4. The van der Waals surface area contributed by atoms with Crippen LogP contribution in [0.4, 0.5) is 10.1 Å². The average Bonchev–Trinajstić information content (AvgIpc) is 3.22. The van der Waals surface area contributed by atoms with Crippen LogP contribution in [-0.4, -0.2) is 22.8 Å². The van der Waals surface area contributed by atoms with Gasteiger partial charge in [-0.1, -0.05) is 30.7 Å². The number of fused-ring (bicyclic) bond motifs is 1. The molecule has 2 amide bonds. The number of thiophene rings is 1. The number of carbonyl (C=O) groups is 2. The Hall–Kier alpha value is -2.90. The highest BCUT2D eigenvalue weighted by atomic mass is 35.5. The Morgan fingerprint density at radius 2 is 2.12 bits per heavy atom. The molecular formula is C24H22ClFN2O3S. The molecule has 1 atom stereocenters. The van der Waals surface area contributed by atoms with E-state index in [2.05, 4.69) is 5.32 Å². The van der Waals surface area contributed by atoms with E-state index in [0.717, 1.165) is 10.4 Å². The fraction of sp³-hybridized carbons (Fsp3) is 0.250. The summed E-state index contributed by atoms with van der Waals surface area (Å²) < 4.78 is 19.4.